The van der Waals surface area contributed by atoms with E-state index in [4.69, 9.17) is 16.3 Å². The van der Waals surface area contributed by atoms with Crippen molar-refractivity contribution in [1.82, 2.24) is 4.98 Å². The van der Waals surface area contributed by atoms with Crippen LogP contribution in [0.1, 0.15) is 26.3 Å². The first-order chi connectivity index (χ1) is 13.6. The van der Waals surface area contributed by atoms with Crippen LogP contribution in [0.3, 0.4) is 0 Å². The van der Waals surface area contributed by atoms with E-state index in [0.29, 0.717) is 34.2 Å². The Labute approximate surface area is 167 Å². The van der Waals surface area contributed by atoms with Gasteiger partial charge in [0.1, 0.15) is 5.82 Å². The molecule has 0 fully saturated rings. The molecule has 2 N–H and O–H groups in total. The Hall–Kier alpha value is -3.38. The lowest BCUT2D eigenvalue weighted by molar-refractivity contribution is 0.0600. The summed E-state index contributed by atoms with van der Waals surface area (Å²) in [6.07, 6.45) is 1.55. The number of aromatic nitrogens is 1. The first kappa shape index (κ1) is 19.4. The summed E-state index contributed by atoms with van der Waals surface area (Å²) in [5, 5.41) is 6.58. The maximum atomic E-state index is 12.5. The van der Waals surface area contributed by atoms with Gasteiger partial charge in [0.05, 0.1) is 12.7 Å². The van der Waals surface area contributed by atoms with E-state index in [9.17, 15) is 9.59 Å². The van der Waals surface area contributed by atoms with Crippen molar-refractivity contribution in [3.8, 4) is 0 Å². The summed E-state index contributed by atoms with van der Waals surface area (Å²) in [6, 6.07) is 17.3. The molecule has 0 bridgehead atoms. The highest BCUT2D eigenvalue weighted by Gasteiger charge is 2.10. The molecule has 0 aliphatic heterocycles. The fourth-order valence-corrected chi connectivity index (χ4v) is 2.74. The third kappa shape index (κ3) is 4.86. The Morgan fingerprint density at radius 2 is 1.86 bits per heavy atom. The number of nitrogens with one attached hydrogen (secondary N) is 2. The van der Waals surface area contributed by atoms with Gasteiger partial charge < -0.3 is 15.4 Å². The minimum Gasteiger partial charge on any atom is -0.465 e. The maximum Gasteiger partial charge on any atom is 0.337 e. The van der Waals surface area contributed by atoms with Gasteiger partial charge in [0.15, 0.2) is 0 Å². The second kappa shape index (κ2) is 9.01. The van der Waals surface area contributed by atoms with Crippen LogP contribution in [-0.2, 0) is 11.3 Å². The predicted molar refractivity (Wildman–Crippen MR) is 109 cm³/mol. The Kier molecular flexibility index (Phi) is 6.24. The highest BCUT2D eigenvalue weighted by Crippen LogP contribution is 2.17. The Morgan fingerprint density at radius 1 is 1.04 bits per heavy atom. The van der Waals surface area contributed by atoms with E-state index < -0.39 is 5.97 Å². The predicted octanol–water partition coefficient (Wildman–Crippen LogP) is 4.39. The van der Waals surface area contributed by atoms with Crippen molar-refractivity contribution >= 4 is 35.0 Å². The minimum absolute atomic E-state index is 0.315. The molecule has 0 unspecified atom stereocenters. The van der Waals surface area contributed by atoms with Crippen molar-refractivity contribution in [2.75, 3.05) is 17.7 Å². The van der Waals surface area contributed by atoms with Gasteiger partial charge in [-0.15, -0.1) is 0 Å². The van der Waals surface area contributed by atoms with E-state index in [1.54, 1.807) is 42.6 Å². The molecule has 0 spiro atoms. The number of halogens is 1. The van der Waals surface area contributed by atoms with Crippen LogP contribution in [0.4, 0.5) is 11.5 Å². The molecule has 1 amide bonds. The first-order valence-corrected chi connectivity index (χ1v) is 8.87. The van der Waals surface area contributed by atoms with Crippen molar-refractivity contribution in [3.63, 3.8) is 0 Å². The lowest BCUT2D eigenvalue weighted by Crippen LogP contribution is -2.13. The van der Waals surface area contributed by atoms with Crippen molar-refractivity contribution in [1.29, 1.82) is 0 Å². The van der Waals surface area contributed by atoms with Gasteiger partial charge in [0.2, 0.25) is 0 Å². The standard InChI is InChI=1S/C21H18ClN3O3/c1-28-21(27)15-6-4-7-17(11-15)25-20(26)14-9-10-23-19(12-14)24-13-16-5-2-3-8-18(16)22/h2-12H,13H2,1H3,(H,23,24)(H,25,26). The third-order valence-corrected chi connectivity index (χ3v) is 4.35. The van der Waals surface area contributed by atoms with Crippen molar-refractivity contribution in [2.45, 2.75) is 6.54 Å². The number of hydrogen-bond donors (Lipinski definition) is 2. The minimum atomic E-state index is -0.467. The number of methoxy groups -OCH3 is 1. The zero-order valence-corrected chi connectivity index (χ0v) is 15.9. The highest BCUT2D eigenvalue weighted by molar-refractivity contribution is 6.31. The molecule has 0 saturated carbocycles. The molecule has 0 aliphatic rings. The molecule has 0 saturated heterocycles. The Bertz CT molecular complexity index is 1010. The molecule has 0 radical (unpaired) electrons. The zero-order valence-electron chi connectivity index (χ0n) is 15.1. The summed E-state index contributed by atoms with van der Waals surface area (Å²) >= 11 is 6.15. The van der Waals surface area contributed by atoms with E-state index in [1.165, 1.54) is 7.11 Å². The average molecular weight is 396 g/mol. The number of nitrogens with zero attached hydrogens (tertiary/aromatic N) is 1. The van der Waals surface area contributed by atoms with E-state index in [1.807, 2.05) is 24.3 Å². The van der Waals surface area contributed by atoms with Crippen LogP contribution in [0.5, 0.6) is 0 Å². The number of rotatable bonds is 6. The highest BCUT2D eigenvalue weighted by atomic mass is 35.5. The number of hydrogen-bond acceptors (Lipinski definition) is 5. The Morgan fingerprint density at radius 3 is 2.64 bits per heavy atom. The van der Waals surface area contributed by atoms with Crippen LogP contribution in [0.2, 0.25) is 5.02 Å². The largest absolute Gasteiger partial charge is 0.465 e. The molecule has 7 heteroatoms. The second-order valence-corrected chi connectivity index (χ2v) is 6.31. The van der Waals surface area contributed by atoms with E-state index in [0.717, 1.165) is 5.56 Å². The molecular weight excluding hydrogens is 378 g/mol. The number of ether oxygens (including phenoxy) is 1. The maximum absolute atomic E-state index is 12.5. The number of benzene rings is 2. The summed E-state index contributed by atoms with van der Waals surface area (Å²) in [5.74, 6) is -0.229. The molecular formula is C21H18ClN3O3. The molecule has 2 aromatic carbocycles. The first-order valence-electron chi connectivity index (χ1n) is 8.50. The molecule has 28 heavy (non-hydrogen) atoms. The summed E-state index contributed by atoms with van der Waals surface area (Å²) in [5.41, 5.74) is 2.22. The summed E-state index contributed by atoms with van der Waals surface area (Å²) < 4.78 is 4.69. The van der Waals surface area contributed by atoms with Gasteiger partial charge in [-0.3, -0.25) is 4.79 Å². The van der Waals surface area contributed by atoms with Crippen molar-refractivity contribution < 1.29 is 14.3 Å². The number of amides is 1. The van der Waals surface area contributed by atoms with Gasteiger partial charge >= 0.3 is 5.97 Å². The summed E-state index contributed by atoms with van der Waals surface area (Å²) in [4.78, 5) is 28.4. The molecule has 6 nitrogen and oxygen atoms in total. The smallest absolute Gasteiger partial charge is 0.337 e. The summed E-state index contributed by atoms with van der Waals surface area (Å²) in [6.45, 7) is 0.485. The van der Waals surface area contributed by atoms with E-state index in [2.05, 4.69) is 15.6 Å². The second-order valence-electron chi connectivity index (χ2n) is 5.90. The van der Waals surface area contributed by atoms with Crippen LogP contribution >= 0.6 is 11.6 Å². The van der Waals surface area contributed by atoms with Crippen molar-refractivity contribution in [2.24, 2.45) is 0 Å². The Balaban J connectivity index is 1.69. The molecule has 0 atom stereocenters. The van der Waals surface area contributed by atoms with Crippen LogP contribution in [-0.4, -0.2) is 24.0 Å². The zero-order chi connectivity index (χ0) is 19.9. The summed E-state index contributed by atoms with van der Waals surface area (Å²) in [7, 11) is 1.31. The molecule has 3 rings (SSSR count). The van der Waals surface area contributed by atoms with Crippen LogP contribution in [0.15, 0.2) is 66.9 Å². The lowest BCUT2D eigenvalue weighted by Gasteiger charge is -2.10. The fraction of sp³-hybridized carbons (Fsp3) is 0.0952. The van der Waals surface area contributed by atoms with Crippen molar-refractivity contribution in [3.05, 3.63) is 88.6 Å². The SMILES string of the molecule is COC(=O)c1cccc(NC(=O)c2ccnc(NCc3ccccc3Cl)c2)c1. The van der Waals surface area contributed by atoms with Crippen LogP contribution in [0, 0.1) is 0 Å². The van der Waals surface area contributed by atoms with Gasteiger partial charge in [-0.2, -0.15) is 0 Å². The molecule has 3 aromatic rings. The number of carbonyl (C=O) groups excluding carboxylic acids is 2. The number of esters is 1. The quantitative estimate of drug-likeness (QED) is 0.605. The molecule has 1 aromatic heterocycles. The number of pyridine rings is 1. The monoisotopic (exact) mass is 395 g/mol. The lowest BCUT2D eigenvalue weighted by atomic mass is 10.2. The van der Waals surface area contributed by atoms with Gasteiger partial charge in [-0.05, 0) is 42.0 Å². The number of carbonyl (C=O) groups is 2. The molecule has 0 aliphatic carbocycles. The molecule has 142 valence electrons. The van der Waals surface area contributed by atoms with Crippen LogP contribution in [0.25, 0.3) is 0 Å². The van der Waals surface area contributed by atoms with Gasteiger partial charge in [0.25, 0.3) is 5.91 Å². The number of anilines is 2. The fourth-order valence-electron chi connectivity index (χ4n) is 2.54. The molecule has 1 heterocycles. The third-order valence-electron chi connectivity index (χ3n) is 3.98. The van der Waals surface area contributed by atoms with Gasteiger partial charge in [-0.1, -0.05) is 35.9 Å². The normalized spacial score (nSPS) is 10.2. The van der Waals surface area contributed by atoms with Gasteiger partial charge in [0, 0.05) is 29.0 Å². The van der Waals surface area contributed by atoms with Gasteiger partial charge in [-0.25, -0.2) is 9.78 Å². The van der Waals surface area contributed by atoms with E-state index in [-0.39, 0.29) is 5.91 Å². The van der Waals surface area contributed by atoms with E-state index >= 15 is 0 Å². The van der Waals surface area contributed by atoms with Crippen LogP contribution < -0.4 is 10.6 Å². The topological polar surface area (TPSA) is 80.3 Å². The average Bonchev–Trinajstić information content (AvgIpc) is 2.73.